The zero-order chi connectivity index (χ0) is 16.4. The van der Waals surface area contributed by atoms with E-state index in [2.05, 4.69) is 25.7 Å². The summed E-state index contributed by atoms with van der Waals surface area (Å²) in [4.78, 5) is 15.0. The molecule has 0 aromatic carbocycles. The summed E-state index contributed by atoms with van der Waals surface area (Å²) in [6, 6.07) is 0.818. The number of hydrogen-bond acceptors (Lipinski definition) is 4. The lowest BCUT2D eigenvalue weighted by Gasteiger charge is -2.50. The van der Waals surface area contributed by atoms with Crippen LogP contribution >= 0.6 is 0 Å². The number of unbranched alkanes of at least 4 members (excludes halogenated alkanes) is 1. The first kappa shape index (κ1) is 17.2. The predicted octanol–water partition coefficient (Wildman–Crippen LogP) is 3.39. The minimum atomic E-state index is -0.0435. The van der Waals surface area contributed by atoms with Gasteiger partial charge >= 0.3 is 5.97 Å². The standard InChI is InChI=1S/C19H33NO3/c1-4-5-12-22-16-13-17(19(16,2)3)23-18(21)14-8-10-20(11-9-14)15-6-7-15/h14-17H,4-13H2,1-3H3/t16-,17+/m0/s1. The summed E-state index contributed by atoms with van der Waals surface area (Å²) in [5.74, 6) is 0.145. The number of likely N-dealkylation sites (tertiary alicyclic amines) is 1. The van der Waals surface area contributed by atoms with Crippen molar-refractivity contribution in [2.75, 3.05) is 19.7 Å². The largest absolute Gasteiger partial charge is 0.461 e. The Balaban J connectivity index is 1.40. The molecule has 0 aromatic rings. The van der Waals surface area contributed by atoms with Crippen LogP contribution in [-0.2, 0) is 14.3 Å². The van der Waals surface area contributed by atoms with Gasteiger partial charge in [0.05, 0.1) is 12.0 Å². The van der Waals surface area contributed by atoms with E-state index < -0.39 is 0 Å². The molecule has 1 saturated heterocycles. The van der Waals surface area contributed by atoms with Gasteiger partial charge in [0.2, 0.25) is 0 Å². The molecule has 2 atom stereocenters. The van der Waals surface area contributed by atoms with Crippen LogP contribution in [0.3, 0.4) is 0 Å². The van der Waals surface area contributed by atoms with Crippen molar-refractivity contribution in [3.63, 3.8) is 0 Å². The van der Waals surface area contributed by atoms with Crippen molar-refractivity contribution in [3.05, 3.63) is 0 Å². The van der Waals surface area contributed by atoms with Crippen molar-refractivity contribution in [2.45, 2.75) is 84.0 Å². The first-order valence-corrected chi connectivity index (χ1v) is 9.58. The fraction of sp³-hybridized carbons (Fsp3) is 0.947. The molecule has 132 valence electrons. The lowest BCUT2D eigenvalue weighted by Crippen LogP contribution is -2.57. The Morgan fingerprint density at radius 1 is 1.13 bits per heavy atom. The van der Waals surface area contributed by atoms with Crippen LogP contribution in [0.1, 0.15) is 65.7 Å². The Morgan fingerprint density at radius 2 is 1.83 bits per heavy atom. The normalized spacial score (nSPS) is 31.6. The Kier molecular flexibility index (Phi) is 5.32. The highest BCUT2D eigenvalue weighted by atomic mass is 16.6. The third-order valence-corrected chi connectivity index (χ3v) is 6.09. The maximum atomic E-state index is 12.5. The Hall–Kier alpha value is -0.610. The zero-order valence-corrected chi connectivity index (χ0v) is 15.1. The van der Waals surface area contributed by atoms with Gasteiger partial charge in [-0.05, 0) is 45.2 Å². The summed E-state index contributed by atoms with van der Waals surface area (Å²) >= 11 is 0. The fourth-order valence-corrected chi connectivity index (χ4v) is 3.88. The molecule has 1 heterocycles. The molecule has 4 heteroatoms. The van der Waals surface area contributed by atoms with Crippen LogP contribution in [-0.4, -0.2) is 48.8 Å². The van der Waals surface area contributed by atoms with Crippen LogP contribution in [0.5, 0.6) is 0 Å². The first-order valence-electron chi connectivity index (χ1n) is 9.58. The lowest BCUT2D eigenvalue weighted by molar-refractivity contribution is -0.207. The molecular weight excluding hydrogens is 290 g/mol. The number of rotatable bonds is 7. The molecular formula is C19H33NO3. The van der Waals surface area contributed by atoms with Gasteiger partial charge in [-0.3, -0.25) is 4.79 Å². The molecule has 0 spiro atoms. The van der Waals surface area contributed by atoms with E-state index in [0.717, 1.165) is 57.8 Å². The van der Waals surface area contributed by atoms with Gasteiger partial charge in [0.15, 0.2) is 0 Å². The second-order valence-electron chi connectivity index (χ2n) is 8.24. The summed E-state index contributed by atoms with van der Waals surface area (Å²) in [7, 11) is 0. The average molecular weight is 323 g/mol. The molecule has 0 unspecified atom stereocenters. The van der Waals surface area contributed by atoms with Crippen LogP contribution in [0.4, 0.5) is 0 Å². The number of esters is 1. The molecule has 0 amide bonds. The second kappa shape index (κ2) is 7.10. The number of nitrogens with zero attached hydrogens (tertiary/aromatic N) is 1. The molecule has 0 N–H and O–H groups in total. The van der Waals surface area contributed by atoms with Crippen LogP contribution < -0.4 is 0 Å². The molecule has 0 radical (unpaired) electrons. The van der Waals surface area contributed by atoms with Crippen molar-refractivity contribution in [1.82, 2.24) is 4.90 Å². The van der Waals surface area contributed by atoms with Crippen LogP contribution in [0.25, 0.3) is 0 Å². The number of hydrogen-bond donors (Lipinski definition) is 0. The molecule has 23 heavy (non-hydrogen) atoms. The van der Waals surface area contributed by atoms with E-state index in [1.165, 1.54) is 12.8 Å². The second-order valence-corrected chi connectivity index (χ2v) is 8.24. The molecule has 2 saturated carbocycles. The van der Waals surface area contributed by atoms with Crippen LogP contribution in [0.2, 0.25) is 0 Å². The molecule has 3 fully saturated rings. The molecule has 0 aromatic heterocycles. The van der Waals surface area contributed by atoms with Gasteiger partial charge in [0.1, 0.15) is 6.10 Å². The molecule has 4 nitrogen and oxygen atoms in total. The number of carbonyl (C=O) groups is 1. The molecule has 3 rings (SSSR count). The number of carbonyl (C=O) groups excluding carboxylic acids is 1. The van der Waals surface area contributed by atoms with Crippen LogP contribution in [0, 0.1) is 11.3 Å². The van der Waals surface area contributed by atoms with Gasteiger partial charge < -0.3 is 14.4 Å². The average Bonchev–Trinajstić information content (AvgIpc) is 3.38. The minimum Gasteiger partial charge on any atom is -0.461 e. The fourth-order valence-electron chi connectivity index (χ4n) is 3.88. The van der Waals surface area contributed by atoms with E-state index in [4.69, 9.17) is 9.47 Å². The van der Waals surface area contributed by atoms with Crippen LogP contribution in [0.15, 0.2) is 0 Å². The van der Waals surface area contributed by atoms with Gasteiger partial charge in [0, 0.05) is 24.5 Å². The summed E-state index contributed by atoms with van der Waals surface area (Å²) in [6.07, 6.45) is 8.05. The maximum Gasteiger partial charge on any atom is 0.309 e. The molecule has 3 aliphatic rings. The van der Waals surface area contributed by atoms with E-state index >= 15 is 0 Å². The van der Waals surface area contributed by atoms with E-state index in [9.17, 15) is 4.79 Å². The first-order chi connectivity index (χ1) is 11.0. The predicted molar refractivity (Wildman–Crippen MR) is 90.2 cm³/mol. The minimum absolute atomic E-state index is 0.0306. The molecule has 0 bridgehead atoms. The lowest BCUT2D eigenvalue weighted by atomic mass is 9.66. The highest BCUT2D eigenvalue weighted by Gasteiger charge is 2.52. The van der Waals surface area contributed by atoms with E-state index in [-0.39, 0.29) is 29.5 Å². The SMILES string of the molecule is CCCCO[C@H]1C[C@@H](OC(=O)C2CCN(C3CC3)CC2)C1(C)C. The van der Waals surface area contributed by atoms with E-state index in [0.29, 0.717) is 0 Å². The Bertz CT molecular complexity index is 411. The number of piperidine rings is 1. The van der Waals surface area contributed by atoms with E-state index in [1.807, 2.05) is 0 Å². The summed E-state index contributed by atoms with van der Waals surface area (Å²) < 4.78 is 11.8. The van der Waals surface area contributed by atoms with Crippen molar-refractivity contribution in [3.8, 4) is 0 Å². The van der Waals surface area contributed by atoms with Crippen molar-refractivity contribution >= 4 is 5.97 Å². The summed E-state index contributed by atoms with van der Waals surface area (Å²) in [5, 5.41) is 0. The van der Waals surface area contributed by atoms with Gasteiger partial charge in [-0.1, -0.05) is 27.2 Å². The highest BCUT2D eigenvalue weighted by Crippen LogP contribution is 2.45. The van der Waals surface area contributed by atoms with Crippen molar-refractivity contribution in [2.24, 2.45) is 11.3 Å². The number of ether oxygens (including phenoxy) is 2. The van der Waals surface area contributed by atoms with Crippen molar-refractivity contribution < 1.29 is 14.3 Å². The van der Waals surface area contributed by atoms with Gasteiger partial charge in [-0.25, -0.2) is 0 Å². The third-order valence-electron chi connectivity index (χ3n) is 6.09. The Morgan fingerprint density at radius 3 is 2.39 bits per heavy atom. The molecule has 1 aliphatic heterocycles. The monoisotopic (exact) mass is 323 g/mol. The Labute approximate surface area is 140 Å². The van der Waals surface area contributed by atoms with E-state index in [1.54, 1.807) is 0 Å². The van der Waals surface area contributed by atoms with Gasteiger partial charge in [-0.15, -0.1) is 0 Å². The maximum absolute atomic E-state index is 12.5. The quantitative estimate of drug-likeness (QED) is 0.532. The zero-order valence-electron chi connectivity index (χ0n) is 15.1. The smallest absolute Gasteiger partial charge is 0.309 e. The molecule has 2 aliphatic carbocycles. The third kappa shape index (κ3) is 3.90. The van der Waals surface area contributed by atoms with Gasteiger partial charge in [0.25, 0.3) is 0 Å². The topological polar surface area (TPSA) is 38.8 Å². The van der Waals surface area contributed by atoms with Gasteiger partial charge in [-0.2, -0.15) is 0 Å². The summed E-state index contributed by atoms with van der Waals surface area (Å²) in [5.41, 5.74) is -0.0435. The van der Waals surface area contributed by atoms with Crippen molar-refractivity contribution in [1.29, 1.82) is 0 Å². The summed E-state index contributed by atoms with van der Waals surface area (Å²) in [6.45, 7) is 9.48. The highest BCUT2D eigenvalue weighted by molar-refractivity contribution is 5.73.